The molecule has 1 heterocycles. The summed E-state index contributed by atoms with van der Waals surface area (Å²) in [7, 11) is 0. The molecular weight excluding hydrogens is 662 g/mol. The van der Waals surface area contributed by atoms with E-state index in [1.165, 1.54) is 0 Å². The fourth-order valence-corrected chi connectivity index (χ4v) is 5.35. The molecule has 6 amide bonds. The molecular formula is C35H51N7O9. The second kappa shape index (κ2) is 19.6. The lowest BCUT2D eigenvalue weighted by Crippen LogP contribution is -2.54. The molecule has 1 saturated heterocycles. The molecule has 51 heavy (non-hydrogen) atoms. The Bertz CT molecular complexity index is 1450. The van der Waals surface area contributed by atoms with Gasteiger partial charge >= 0.3 is 12.1 Å². The molecule has 11 N–H and O–H groups in total. The van der Waals surface area contributed by atoms with Gasteiger partial charge in [0, 0.05) is 31.7 Å². The average Bonchev–Trinajstić information content (AvgIpc) is 3.33. The van der Waals surface area contributed by atoms with E-state index in [1.54, 1.807) is 69.3 Å². The molecule has 6 atom stereocenters. The number of carbonyl (C=O) groups excluding carboxylic acids is 5. The quantitative estimate of drug-likeness (QED) is 0.101. The molecule has 1 aliphatic heterocycles. The summed E-state index contributed by atoms with van der Waals surface area (Å²) in [6.07, 6.45) is -4.29. The number of carbonyl (C=O) groups is 5. The Hall–Kier alpha value is -4.77. The molecule has 2 aromatic carbocycles. The fourth-order valence-electron chi connectivity index (χ4n) is 5.35. The Balaban J connectivity index is 1.68. The van der Waals surface area contributed by atoms with Gasteiger partial charge in [-0.2, -0.15) is 0 Å². The lowest BCUT2D eigenvalue weighted by molar-refractivity contribution is -0.132. The second-order valence-corrected chi connectivity index (χ2v) is 13.3. The van der Waals surface area contributed by atoms with Gasteiger partial charge in [0.1, 0.15) is 29.9 Å². The highest BCUT2D eigenvalue weighted by atomic mass is 16.6. The van der Waals surface area contributed by atoms with Crippen LogP contribution in [0.5, 0.6) is 0 Å². The minimum absolute atomic E-state index is 0.0503. The summed E-state index contributed by atoms with van der Waals surface area (Å²) in [4.78, 5) is 63.5. The van der Waals surface area contributed by atoms with E-state index in [2.05, 4.69) is 26.6 Å². The number of hydrogen-bond donors (Lipinski definition) is 9. The first-order valence-electron chi connectivity index (χ1n) is 16.9. The van der Waals surface area contributed by atoms with Crippen molar-refractivity contribution in [2.45, 2.75) is 95.0 Å². The molecule has 16 heteroatoms. The van der Waals surface area contributed by atoms with Crippen molar-refractivity contribution < 1.29 is 43.7 Å². The van der Waals surface area contributed by atoms with Crippen LogP contribution in [-0.2, 0) is 36.7 Å². The van der Waals surface area contributed by atoms with Gasteiger partial charge in [-0.1, -0.05) is 42.5 Å². The third-order valence-electron chi connectivity index (χ3n) is 7.92. The minimum Gasteiger partial charge on any atom is -0.444 e. The van der Waals surface area contributed by atoms with Gasteiger partial charge in [0.15, 0.2) is 0 Å². The summed E-state index contributed by atoms with van der Waals surface area (Å²) in [5.41, 5.74) is 12.2. The predicted octanol–water partition coefficient (Wildman–Crippen LogP) is 0.191. The van der Waals surface area contributed by atoms with Crippen molar-refractivity contribution in [3.63, 3.8) is 0 Å². The van der Waals surface area contributed by atoms with Gasteiger partial charge in [-0.15, -0.1) is 0 Å². The van der Waals surface area contributed by atoms with Crippen LogP contribution in [-0.4, -0.2) is 102 Å². The smallest absolute Gasteiger partial charge is 0.407 e. The fraction of sp³-hybridized carbons (Fsp3) is 0.514. The largest absolute Gasteiger partial charge is 0.444 e. The first kappa shape index (κ1) is 40.7. The number of benzene rings is 2. The number of nitrogens with one attached hydrogen (secondary N) is 5. The van der Waals surface area contributed by atoms with Gasteiger partial charge in [-0.3, -0.25) is 14.4 Å². The molecule has 0 aliphatic carbocycles. The number of rotatable bonds is 17. The van der Waals surface area contributed by atoms with E-state index < -0.39 is 71.9 Å². The summed E-state index contributed by atoms with van der Waals surface area (Å²) in [6, 6.07) is 13.0. The third-order valence-corrected chi connectivity index (χ3v) is 7.92. The van der Waals surface area contributed by atoms with Crippen molar-refractivity contribution in [2.75, 3.05) is 25.0 Å². The molecule has 280 valence electrons. The molecule has 0 bridgehead atoms. The van der Waals surface area contributed by atoms with E-state index in [-0.39, 0.29) is 32.4 Å². The van der Waals surface area contributed by atoms with Gasteiger partial charge in [-0.05, 0) is 63.3 Å². The minimum atomic E-state index is -1.34. The molecule has 0 spiro atoms. The number of amides is 6. The predicted molar refractivity (Wildman–Crippen MR) is 188 cm³/mol. The molecule has 2 aromatic rings. The van der Waals surface area contributed by atoms with Crippen LogP contribution in [0, 0.1) is 0 Å². The number of aliphatic hydroxyl groups is 2. The first-order valence-corrected chi connectivity index (χ1v) is 16.9. The van der Waals surface area contributed by atoms with E-state index in [1.807, 2.05) is 6.07 Å². The van der Waals surface area contributed by atoms with Crippen molar-refractivity contribution >= 4 is 35.5 Å². The van der Waals surface area contributed by atoms with E-state index in [0.717, 1.165) is 11.1 Å². The maximum absolute atomic E-state index is 13.7. The lowest BCUT2D eigenvalue weighted by atomic mass is 10.0. The first-order chi connectivity index (χ1) is 24.1. The molecule has 1 fully saturated rings. The standard InChI is InChI=1S/C35H51N7O9/c1-35(2,3)51-34(49)39-17-15-21-11-13-23(14-12-21)40-31(46)24(10-7-16-38-33(37)48)42-32(47)25(18-22-8-5-4-6-9-22)41-28(43)19-26-29(44)30(45)27(20-36)50-26/h4-6,8-9,11-14,24-27,29-30,44-45H,7,10,15-20,36H2,1-3H3,(H,39,49)(H,40,46)(H,41,43)(H,42,47)(H3,37,38,48)/t24?,25-,26+,27-,29?,30?/m1/s1. The Labute approximate surface area is 297 Å². The Morgan fingerprint density at radius 2 is 1.51 bits per heavy atom. The van der Waals surface area contributed by atoms with Gasteiger partial charge in [0.05, 0.1) is 18.6 Å². The van der Waals surface area contributed by atoms with Crippen molar-refractivity contribution in [1.29, 1.82) is 0 Å². The topological polar surface area (TPSA) is 256 Å². The van der Waals surface area contributed by atoms with Crippen LogP contribution >= 0.6 is 0 Å². The van der Waals surface area contributed by atoms with Crippen LogP contribution in [0.15, 0.2) is 54.6 Å². The maximum Gasteiger partial charge on any atom is 0.407 e. The Kier molecular flexibility index (Phi) is 15.6. The highest BCUT2D eigenvalue weighted by Crippen LogP contribution is 2.23. The normalized spacial score (nSPS) is 19.6. The lowest BCUT2D eigenvalue weighted by Gasteiger charge is -2.24. The molecule has 0 aromatic heterocycles. The molecule has 3 rings (SSSR count). The number of aliphatic hydroxyl groups excluding tert-OH is 2. The molecule has 1 aliphatic rings. The summed E-state index contributed by atoms with van der Waals surface area (Å²) in [6.45, 7) is 5.79. The van der Waals surface area contributed by atoms with Crippen LogP contribution in [0.3, 0.4) is 0 Å². The zero-order valence-electron chi connectivity index (χ0n) is 29.2. The number of primary amides is 1. The van der Waals surface area contributed by atoms with Crippen LogP contribution < -0.4 is 38.1 Å². The Morgan fingerprint density at radius 3 is 2.12 bits per heavy atom. The molecule has 0 radical (unpaired) electrons. The monoisotopic (exact) mass is 713 g/mol. The number of ether oxygens (including phenoxy) is 2. The van der Waals surface area contributed by atoms with E-state index >= 15 is 0 Å². The SMILES string of the molecule is CC(C)(C)OC(=O)NCCc1ccc(NC(=O)C(CCCNC(N)=O)NC(=O)[C@@H](Cc2ccccc2)NC(=O)C[C@@H]2O[C@H](CN)C(O)C2O)cc1. The number of anilines is 1. The number of alkyl carbamates (subject to hydrolysis) is 1. The van der Waals surface area contributed by atoms with E-state index in [9.17, 15) is 34.2 Å². The van der Waals surface area contributed by atoms with Gasteiger partial charge in [-0.25, -0.2) is 9.59 Å². The second-order valence-electron chi connectivity index (χ2n) is 13.3. The number of hydrogen-bond acceptors (Lipinski definition) is 10. The van der Waals surface area contributed by atoms with Crippen molar-refractivity contribution in [3.8, 4) is 0 Å². The third kappa shape index (κ3) is 14.2. The van der Waals surface area contributed by atoms with Gasteiger partial charge in [0.25, 0.3) is 0 Å². The molecule has 0 saturated carbocycles. The van der Waals surface area contributed by atoms with Gasteiger partial charge < -0.3 is 57.7 Å². The van der Waals surface area contributed by atoms with Gasteiger partial charge in [0.2, 0.25) is 17.7 Å². The van der Waals surface area contributed by atoms with Crippen LogP contribution in [0.2, 0.25) is 0 Å². The van der Waals surface area contributed by atoms with Crippen molar-refractivity contribution in [3.05, 3.63) is 65.7 Å². The number of nitrogens with two attached hydrogens (primary N) is 2. The van der Waals surface area contributed by atoms with E-state index in [0.29, 0.717) is 25.1 Å². The zero-order valence-corrected chi connectivity index (χ0v) is 29.2. The van der Waals surface area contributed by atoms with Crippen LogP contribution in [0.4, 0.5) is 15.3 Å². The highest BCUT2D eigenvalue weighted by Gasteiger charge is 2.43. The molecule has 16 nitrogen and oxygen atoms in total. The van der Waals surface area contributed by atoms with Crippen molar-refractivity contribution in [1.82, 2.24) is 21.3 Å². The average molecular weight is 714 g/mol. The summed E-state index contributed by atoms with van der Waals surface area (Å²) < 4.78 is 10.8. The summed E-state index contributed by atoms with van der Waals surface area (Å²) in [5, 5.41) is 33.9. The van der Waals surface area contributed by atoms with Crippen LogP contribution in [0.1, 0.15) is 51.2 Å². The van der Waals surface area contributed by atoms with Crippen molar-refractivity contribution in [2.24, 2.45) is 11.5 Å². The number of urea groups is 1. The molecule has 3 unspecified atom stereocenters. The maximum atomic E-state index is 13.7. The summed E-state index contributed by atoms with van der Waals surface area (Å²) in [5.74, 6) is -1.79. The Morgan fingerprint density at radius 1 is 0.843 bits per heavy atom. The summed E-state index contributed by atoms with van der Waals surface area (Å²) >= 11 is 0. The van der Waals surface area contributed by atoms with E-state index in [4.69, 9.17) is 20.9 Å². The highest BCUT2D eigenvalue weighted by molar-refractivity contribution is 5.98. The zero-order chi connectivity index (χ0) is 37.6. The van der Waals surface area contributed by atoms with Crippen LogP contribution in [0.25, 0.3) is 0 Å².